The van der Waals surface area contributed by atoms with E-state index in [-0.39, 0.29) is 38.7 Å². The summed E-state index contributed by atoms with van der Waals surface area (Å²) in [7, 11) is 2.39. The zero-order valence-corrected chi connectivity index (χ0v) is 17.1. The molecular weight excluding hydrogens is 519 g/mol. The van der Waals surface area contributed by atoms with Crippen molar-refractivity contribution < 1.29 is 27.8 Å². The summed E-state index contributed by atoms with van der Waals surface area (Å²) in [5.41, 5.74) is 5.08. The first-order valence-corrected chi connectivity index (χ1v) is 8.38. The third kappa shape index (κ3) is 6.67. The molecule has 0 aliphatic carbocycles. The number of carbonyl (C=O) groups excluding carboxylic acids is 2. The second-order valence-corrected chi connectivity index (χ2v) is 6.18. The summed E-state index contributed by atoms with van der Waals surface area (Å²) in [5.74, 6) is -2.65. The smallest absolute Gasteiger partial charge is 0.358 e. The minimum atomic E-state index is -0.703. The van der Waals surface area contributed by atoms with E-state index in [9.17, 15) is 18.4 Å². The summed E-state index contributed by atoms with van der Waals surface area (Å²) in [6.45, 7) is 0. The van der Waals surface area contributed by atoms with Crippen LogP contribution in [0, 0.1) is 11.6 Å². The number of anilines is 1. The van der Waals surface area contributed by atoms with Crippen molar-refractivity contribution >= 4 is 61.1 Å². The maximum atomic E-state index is 12.8. The first kappa shape index (κ1) is 25.1. The molecule has 0 fully saturated rings. The summed E-state index contributed by atoms with van der Waals surface area (Å²) in [6.07, 6.45) is 0. The molecule has 0 radical (unpaired) electrons. The van der Waals surface area contributed by atoms with Crippen LogP contribution >= 0.6 is 43.5 Å². The second-order valence-electron chi connectivity index (χ2n) is 4.27. The van der Waals surface area contributed by atoms with Crippen LogP contribution in [0.1, 0.15) is 28.4 Å². The summed E-state index contributed by atoms with van der Waals surface area (Å²) < 4.78 is 34.2. The van der Waals surface area contributed by atoms with E-state index >= 15 is 0 Å². The van der Waals surface area contributed by atoms with E-state index in [2.05, 4.69) is 51.3 Å². The Kier molecular flexibility index (Phi) is 10.3. The molecule has 0 aliphatic rings. The molecule has 2 N–H and O–H groups in total. The van der Waals surface area contributed by atoms with Gasteiger partial charge in [0.05, 0.1) is 24.9 Å². The topological polar surface area (TPSA) is 104 Å². The maximum absolute atomic E-state index is 12.8. The van der Waals surface area contributed by atoms with E-state index in [0.29, 0.717) is 0 Å². The van der Waals surface area contributed by atoms with Crippen LogP contribution in [0.4, 0.5) is 14.5 Å². The quantitative estimate of drug-likeness (QED) is 0.450. The van der Waals surface area contributed by atoms with Gasteiger partial charge in [-0.1, -0.05) is 19.0 Å². The third-order valence-corrected chi connectivity index (χ3v) is 4.01. The number of ether oxygens (including phenoxy) is 2. The molecule has 0 unspecified atom stereocenters. The Bertz CT molecular complexity index is 787. The number of methoxy groups -OCH3 is 2. The molecule has 7 nitrogen and oxygen atoms in total. The predicted molar refractivity (Wildman–Crippen MR) is 103 cm³/mol. The number of aromatic nitrogens is 2. The standard InChI is InChI=1S/C7H4BrClFNO2.C7H6BrFN2O2.CH4/c1-13-7(12)5-3(9)2-4(10)6(8)11-5;1-13-7(12)5-4(10)2-3(9)6(8)11-5;/h2H,1H3;2H,10H2,1H3;1H4. The van der Waals surface area contributed by atoms with Crippen molar-refractivity contribution in [1.82, 2.24) is 9.97 Å². The largest absolute Gasteiger partial charge is 0.464 e. The number of hydrogen-bond acceptors (Lipinski definition) is 7. The number of rotatable bonds is 2. The molecule has 0 saturated heterocycles. The molecule has 0 bridgehead atoms. The number of nitrogen functional groups attached to an aromatic ring is 1. The Balaban J connectivity index is 0.000000483. The monoisotopic (exact) mass is 531 g/mol. The normalized spacial score (nSPS) is 9.44. The maximum Gasteiger partial charge on any atom is 0.358 e. The van der Waals surface area contributed by atoms with Gasteiger partial charge in [-0.25, -0.2) is 28.3 Å². The Morgan fingerprint density at radius 1 is 1.00 bits per heavy atom. The van der Waals surface area contributed by atoms with Crippen LogP contribution < -0.4 is 5.73 Å². The lowest BCUT2D eigenvalue weighted by Gasteiger charge is -2.03. The molecule has 2 aromatic heterocycles. The molecule has 2 rings (SSSR count). The molecule has 12 heteroatoms. The van der Waals surface area contributed by atoms with Crippen LogP contribution in [0.25, 0.3) is 0 Å². The Labute approximate surface area is 175 Å². The average molecular weight is 534 g/mol. The van der Waals surface area contributed by atoms with Crippen molar-refractivity contribution in [3.63, 3.8) is 0 Å². The summed E-state index contributed by atoms with van der Waals surface area (Å²) >= 11 is 11.2. The Hall–Kier alpha value is -1.85. The fourth-order valence-electron chi connectivity index (χ4n) is 1.42. The van der Waals surface area contributed by atoms with E-state index < -0.39 is 23.6 Å². The second kappa shape index (κ2) is 11.1. The van der Waals surface area contributed by atoms with Gasteiger partial charge < -0.3 is 15.2 Å². The molecular formula is C15H14Br2ClF2N3O4. The minimum Gasteiger partial charge on any atom is -0.464 e. The Morgan fingerprint density at radius 3 is 1.89 bits per heavy atom. The van der Waals surface area contributed by atoms with Crippen molar-refractivity contribution in [1.29, 1.82) is 0 Å². The third-order valence-electron chi connectivity index (χ3n) is 2.61. The number of pyridine rings is 2. The molecule has 0 saturated carbocycles. The van der Waals surface area contributed by atoms with E-state index in [1.165, 1.54) is 14.2 Å². The van der Waals surface area contributed by atoms with Crippen molar-refractivity contribution in [2.75, 3.05) is 20.0 Å². The van der Waals surface area contributed by atoms with Gasteiger partial charge >= 0.3 is 11.9 Å². The molecule has 0 atom stereocenters. The molecule has 0 aromatic carbocycles. The minimum absolute atomic E-state index is 0. The highest BCUT2D eigenvalue weighted by Crippen LogP contribution is 2.21. The molecule has 148 valence electrons. The Morgan fingerprint density at radius 2 is 1.41 bits per heavy atom. The lowest BCUT2D eigenvalue weighted by Crippen LogP contribution is -2.09. The van der Waals surface area contributed by atoms with Crippen molar-refractivity contribution in [2.24, 2.45) is 0 Å². The summed E-state index contributed by atoms with van der Waals surface area (Å²) in [6, 6.07) is 1.99. The highest BCUT2D eigenvalue weighted by Gasteiger charge is 2.16. The van der Waals surface area contributed by atoms with Gasteiger partial charge in [0.1, 0.15) is 9.21 Å². The van der Waals surface area contributed by atoms with Crippen molar-refractivity contribution in [3.05, 3.63) is 49.4 Å². The van der Waals surface area contributed by atoms with Crippen molar-refractivity contribution in [2.45, 2.75) is 7.43 Å². The number of halogens is 5. The van der Waals surface area contributed by atoms with Crippen LogP contribution in [0.2, 0.25) is 5.02 Å². The zero-order chi connectivity index (χ0) is 20.0. The fourth-order valence-corrected chi connectivity index (χ4v) is 2.22. The first-order chi connectivity index (χ1) is 12.1. The molecule has 0 amide bonds. The van der Waals surface area contributed by atoms with E-state index in [1.807, 2.05) is 0 Å². The molecule has 2 heterocycles. The zero-order valence-electron chi connectivity index (χ0n) is 13.1. The van der Waals surface area contributed by atoms with Crippen LogP contribution in [0.3, 0.4) is 0 Å². The van der Waals surface area contributed by atoms with E-state index in [0.717, 1.165) is 12.1 Å². The average Bonchev–Trinajstić information content (AvgIpc) is 2.60. The van der Waals surface area contributed by atoms with E-state index in [1.54, 1.807) is 0 Å². The van der Waals surface area contributed by atoms with Gasteiger partial charge in [-0.2, -0.15) is 0 Å². The predicted octanol–water partition coefficient (Wildman–Crippen LogP) is 4.41. The van der Waals surface area contributed by atoms with Gasteiger partial charge in [0.2, 0.25) is 0 Å². The number of nitrogens with zero attached hydrogens (tertiary/aromatic N) is 2. The van der Waals surface area contributed by atoms with Gasteiger partial charge in [0.25, 0.3) is 0 Å². The lowest BCUT2D eigenvalue weighted by atomic mass is 10.3. The highest BCUT2D eigenvalue weighted by atomic mass is 79.9. The van der Waals surface area contributed by atoms with Crippen LogP contribution in [0.5, 0.6) is 0 Å². The summed E-state index contributed by atoms with van der Waals surface area (Å²) in [5, 5.41) is -0.0763. The number of hydrogen-bond donors (Lipinski definition) is 1. The number of carbonyl (C=O) groups is 2. The molecule has 0 spiro atoms. The van der Waals surface area contributed by atoms with E-state index in [4.69, 9.17) is 17.3 Å². The van der Waals surface area contributed by atoms with Gasteiger partial charge in [-0.3, -0.25) is 0 Å². The fraction of sp³-hybridized carbons (Fsp3) is 0.200. The van der Waals surface area contributed by atoms with Crippen LogP contribution in [0.15, 0.2) is 21.3 Å². The highest BCUT2D eigenvalue weighted by molar-refractivity contribution is 9.10. The van der Waals surface area contributed by atoms with Gasteiger partial charge in [0.15, 0.2) is 23.0 Å². The lowest BCUT2D eigenvalue weighted by molar-refractivity contribution is 0.0585. The molecule has 2 aromatic rings. The number of nitrogens with two attached hydrogens (primary N) is 1. The van der Waals surface area contributed by atoms with Gasteiger partial charge in [0, 0.05) is 6.07 Å². The van der Waals surface area contributed by atoms with Gasteiger partial charge in [-0.05, 0) is 37.9 Å². The molecule has 0 aliphatic heterocycles. The molecule has 27 heavy (non-hydrogen) atoms. The summed E-state index contributed by atoms with van der Waals surface area (Å²) in [4.78, 5) is 29.1. The van der Waals surface area contributed by atoms with Crippen LogP contribution in [-0.2, 0) is 9.47 Å². The van der Waals surface area contributed by atoms with Crippen molar-refractivity contribution in [3.8, 4) is 0 Å². The SMILES string of the molecule is C.COC(=O)c1nc(Br)c(F)cc1Cl.COC(=O)c1nc(Br)c(F)cc1N. The first-order valence-electron chi connectivity index (χ1n) is 6.42. The van der Waals surface area contributed by atoms with Crippen LogP contribution in [-0.4, -0.2) is 36.1 Å². The van der Waals surface area contributed by atoms with Gasteiger partial charge in [-0.15, -0.1) is 0 Å². The number of esters is 2.